The van der Waals surface area contributed by atoms with Crippen molar-refractivity contribution in [3.8, 4) is 100 Å². The Bertz CT molecular complexity index is 8370. The summed E-state index contributed by atoms with van der Waals surface area (Å²) >= 11 is 0. The van der Waals surface area contributed by atoms with Gasteiger partial charge >= 0.3 is 0 Å². The average Bonchev–Trinajstić information content (AvgIpc) is 1.57. The van der Waals surface area contributed by atoms with E-state index in [-0.39, 0.29) is 16.2 Å². The number of hydrogen-bond donors (Lipinski definition) is 0. The molecule has 0 bridgehead atoms. The van der Waals surface area contributed by atoms with Gasteiger partial charge in [-0.25, -0.2) is 4.98 Å². The first kappa shape index (κ1) is 84.7. The normalized spacial score (nSPS) is 13.0. The van der Waals surface area contributed by atoms with Gasteiger partial charge in [0.25, 0.3) is 0 Å². The Labute approximate surface area is 812 Å². The first-order valence-corrected chi connectivity index (χ1v) is 48.1. The van der Waals surface area contributed by atoms with Crippen LogP contribution < -0.4 is 14.7 Å². The number of hydrogen-bond acceptors (Lipinski definition) is 6. The van der Waals surface area contributed by atoms with Gasteiger partial charge in [-0.15, -0.1) is 0 Å². The van der Waals surface area contributed by atoms with Crippen molar-refractivity contribution in [2.75, 3.05) is 14.7 Å². The zero-order valence-electron chi connectivity index (χ0n) is 78.4. The number of nitrogens with zero attached hydrogens (tertiary/aromatic N) is 5. The molecule has 6 nitrogen and oxygen atoms in total. The number of furan rings is 1. The minimum absolute atomic E-state index is 0.0754. The molecule has 139 heavy (non-hydrogen) atoms. The number of aromatic nitrogens is 2. The standard InChI is InChI=1S/C48H36N2.C43H31NO.C42H32N2/c1-48(2)43-20-12-11-19-42(43)46-44(48)31-37-17-9-10-18-41(37)47(46)45-30-29-40(32-49-45)50(38-25-21-35(22-26-38)33-13-5-3-6-14-33)39-27-23-36(24-28-39)34-15-7-4-8-16-34;1-43(2)37-20-12-11-19-36(37)42-38(43)25-28-13-9-10-18-33(28)41(42)29-21-23-34-35-24-22-32(27-40(35)45-39(34)26-29)44(30-14-5-3-6-15-30)31-16-7-4-8-17-31;1-42(2)37-20-12-11-19-36(37)40-38(42)27-32-17-9-10-18-35(32)41(40)44(34-24-21-31(22-25-34)29-13-5-3-6-14-29)39-26-23-33(28-43-39)30-15-7-4-8-16-30/h3-32H,1-2H3;3-27H,1-2H3;3-28H,1-2H3. The molecule has 0 aliphatic heterocycles. The van der Waals surface area contributed by atoms with Crippen LogP contribution in [0.3, 0.4) is 0 Å². The van der Waals surface area contributed by atoms with Crippen molar-refractivity contribution in [1.82, 2.24) is 9.97 Å². The Balaban J connectivity index is 0.000000114. The lowest BCUT2D eigenvalue weighted by Crippen LogP contribution is -2.17. The molecule has 0 unspecified atom stereocenters. The van der Waals surface area contributed by atoms with Gasteiger partial charge in [0.05, 0.1) is 23.3 Å². The molecule has 0 spiro atoms. The number of para-hydroxylation sites is 2. The summed E-state index contributed by atoms with van der Waals surface area (Å²) in [4.78, 5) is 17.3. The van der Waals surface area contributed by atoms with Crippen molar-refractivity contribution in [3.05, 3.63) is 525 Å². The second-order valence-corrected chi connectivity index (χ2v) is 38.3. The summed E-state index contributed by atoms with van der Waals surface area (Å²) in [6.45, 7) is 14.1. The van der Waals surface area contributed by atoms with Crippen LogP contribution in [0.1, 0.15) is 74.9 Å². The molecule has 3 aliphatic rings. The van der Waals surface area contributed by atoms with Crippen molar-refractivity contribution in [3.63, 3.8) is 0 Å². The molecule has 0 fully saturated rings. The van der Waals surface area contributed by atoms with Gasteiger partial charge in [-0.1, -0.05) is 387 Å². The summed E-state index contributed by atoms with van der Waals surface area (Å²) in [6.07, 6.45) is 4.03. The fraction of sp³-hybridized carbons (Fsp3) is 0.0677. The Morgan fingerprint density at radius 1 is 0.194 bits per heavy atom. The highest BCUT2D eigenvalue weighted by Gasteiger charge is 2.42. The fourth-order valence-electron chi connectivity index (χ4n) is 22.1. The maximum absolute atomic E-state index is 6.69. The van der Waals surface area contributed by atoms with Crippen LogP contribution in [-0.2, 0) is 16.2 Å². The third-order valence-corrected chi connectivity index (χ3v) is 29.1. The van der Waals surface area contributed by atoms with Crippen LogP contribution >= 0.6 is 0 Å². The van der Waals surface area contributed by atoms with E-state index in [9.17, 15) is 0 Å². The van der Waals surface area contributed by atoms with Gasteiger partial charge in [0, 0.05) is 95.5 Å². The zero-order chi connectivity index (χ0) is 93.5. The Kier molecular flexibility index (Phi) is 21.2. The van der Waals surface area contributed by atoms with E-state index in [0.29, 0.717) is 0 Å². The van der Waals surface area contributed by atoms with E-state index in [1.54, 1.807) is 0 Å². The van der Waals surface area contributed by atoms with Crippen molar-refractivity contribution < 1.29 is 4.42 Å². The van der Waals surface area contributed by atoms with E-state index in [4.69, 9.17) is 14.4 Å². The lowest BCUT2D eigenvalue weighted by molar-refractivity contribution is 0.661. The van der Waals surface area contributed by atoms with Crippen LogP contribution in [0.5, 0.6) is 0 Å². The van der Waals surface area contributed by atoms with Gasteiger partial charge in [-0.3, -0.25) is 9.88 Å². The van der Waals surface area contributed by atoms with Gasteiger partial charge in [-0.05, 0) is 266 Å². The quantitative estimate of drug-likeness (QED) is 0.102. The molecule has 0 atom stereocenters. The van der Waals surface area contributed by atoms with Gasteiger partial charge in [-0.2, -0.15) is 0 Å². The van der Waals surface area contributed by atoms with E-state index in [1.807, 2.05) is 18.5 Å². The largest absolute Gasteiger partial charge is 0.456 e. The lowest BCUT2D eigenvalue weighted by Gasteiger charge is -2.30. The molecule has 23 aromatic rings. The molecule has 0 amide bonds. The second-order valence-electron chi connectivity index (χ2n) is 38.3. The summed E-state index contributed by atoms with van der Waals surface area (Å²) in [5, 5.41) is 9.69. The summed E-state index contributed by atoms with van der Waals surface area (Å²) in [7, 11) is 0. The lowest BCUT2D eigenvalue weighted by atomic mass is 9.80. The van der Waals surface area contributed by atoms with Crippen LogP contribution in [0, 0.1) is 0 Å². The van der Waals surface area contributed by atoms with Gasteiger partial charge in [0.15, 0.2) is 0 Å². The molecule has 0 radical (unpaired) electrons. The Hall–Kier alpha value is -17.3. The minimum Gasteiger partial charge on any atom is -0.456 e. The number of anilines is 9. The molecule has 26 rings (SSSR count). The van der Waals surface area contributed by atoms with E-state index in [0.717, 1.165) is 84.4 Å². The molecule has 0 N–H and O–H groups in total. The van der Waals surface area contributed by atoms with Crippen LogP contribution in [0.2, 0.25) is 0 Å². The maximum atomic E-state index is 6.69. The molecule has 0 saturated carbocycles. The number of benzene rings is 20. The molecule has 3 heterocycles. The maximum Gasteiger partial charge on any atom is 0.137 e. The van der Waals surface area contributed by atoms with Crippen molar-refractivity contribution in [2.24, 2.45) is 0 Å². The van der Waals surface area contributed by atoms with E-state index < -0.39 is 0 Å². The molecule has 662 valence electrons. The smallest absolute Gasteiger partial charge is 0.137 e. The number of rotatable bonds is 15. The van der Waals surface area contributed by atoms with Crippen LogP contribution in [0.4, 0.5) is 51.3 Å². The van der Waals surface area contributed by atoms with Crippen LogP contribution in [0.25, 0.3) is 155 Å². The molecule has 3 aromatic heterocycles. The van der Waals surface area contributed by atoms with Crippen LogP contribution in [-0.4, -0.2) is 9.97 Å². The second kappa shape index (κ2) is 34.9. The van der Waals surface area contributed by atoms with Crippen molar-refractivity contribution in [2.45, 2.75) is 57.8 Å². The highest BCUT2D eigenvalue weighted by molar-refractivity contribution is 6.14. The van der Waals surface area contributed by atoms with Crippen molar-refractivity contribution >= 4 is 106 Å². The first-order chi connectivity index (χ1) is 68.2. The van der Waals surface area contributed by atoms with E-state index in [1.165, 1.54) is 155 Å². The van der Waals surface area contributed by atoms with Gasteiger partial charge < -0.3 is 14.2 Å². The number of fused-ring (bicyclic) bond motifs is 15. The highest BCUT2D eigenvalue weighted by atomic mass is 16.3. The zero-order valence-corrected chi connectivity index (χ0v) is 78.4. The molecule has 20 aromatic carbocycles. The minimum atomic E-state index is -0.127. The summed E-state index contributed by atoms with van der Waals surface area (Å²) in [5.74, 6) is 0.887. The average molecular weight is 1780 g/mol. The summed E-state index contributed by atoms with van der Waals surface area (Å²) in [5.41, 5.74) is 40.3. The van der Waals surface area contributed by atoms with Crippen LogP contribution in [0.15, 0.2) is 496 Å². The highest BCUT2D eigenvalue weighted by Crippen LogP contribution is 2.60. The molecule has 3 aliphatic carbocycles. The third kappa shape index (κ3) is 15.0. The van der Waals surface area contributed by atoms with Crippen molar-refractivity contribution in [1.29, 1.82) is 0 Å². The summed E-state index contributed by atoms with van der Waals surface area (Å²) < 4.78 is 6.69. The molecular formula is C133H99N5O. The van der Waals surface area contributed by atoms with E-state index in [2.05, 4.69) is 529 Å². The monoisotopic (exact) mass is 1780 g/mol. The molecule has 6 heteroatoms. The third-order valence-electron chi connectivity index (χ3n) is 29.1. The Morgan fingerprint density at radius 2 is 0.518 bits per heavy atom. The van der Waals surface area contributed by atoms with E-state index >= 15 is 0 Å². The fourth-order valence-corrected chi connectivity index (χ4v) is 22.1. The molecule has 0 saturated heterocycles. The first-order valence-electron chi connectivity index (χ1n) is 48.1. The Morgan fingerprint density at radius 3 is 0.971 bits per heavy atom. The predicted molar refractivity (Wildman–Crippen MR) is 584 cm³/mol. The van der Waals surface area contributed by atoms with Gasteiger partial charge in [0.2, 0.25) is 0 Å². The summed E-state index contributed by atoms with van der Waals surface area (Å²) in [6, 6.07) is 172. The number of pyridine rings is 2. The topological polar surface area (TPSA) is 48.6 Å². The molecular weight excluding hydrogens is 1680 g/mol. The van der Waals surface area contributed by atoms with Gasteiger partial charge in [0.1, 0.15) is 17.0 Å². The predicted octanol–water partition coefficient (Wildman–Crippen LogP) is 36.5. The SMILES string of the molecule is CC1(C)c2ccccc2-c2c1cc1ccccc1c2-c1ccc(N(c2ccc(-c3ccccc3)cc2)c2ccc(-c3ccccc3)cc2)cn1.CC1(C)c2ccccc2-c2c1cc1ccccc1c2-c1ccc2c(c1)oc1cc(N(c3ccccc3)c3ccccc3)ccc12.CC1(C)c2ccccc2-c2c1cc1ccccc1c2N(c1ccc(-c2ccccc2)cc1)c1ccc(-c2ccccc2)cn1.